The van der Waals surface area contributed by atoms with Crippen LogP contribution in [0, 0.1) is 0 Å². The number of nitrogen functional groups attached to an aromatic ring is 1. The molecular formula is C16H17BrN2O2. The first-order chi connectivity index (χ1) is 10.0. The van der Waals surface area contributed by atoms with Crippen molar-refractivity contribution in [1.82, 2.24) is 5.32 Å². The number of benzene rings is 2. The maximum absolute atomic E-state index is 12.2. The highest BCUT2D eigenvalue weighted by Crippen LogP contribution is 2.28. The van der Waals surface area contributed by atoms with Gasteiger partial charge in [0.1, 0.15) is 5.75 Å². The van der Waals surface area contributed by atoms with E-state index in [0.717, 1.165) is 15.8 Å². The number of halogens is 1. The van der Waals surface area contributed by atoms with E-state index in [4.69, 9.17) is 10.5 Å². The van der Waals surface area contributed by atoms with Crippen molar-refractivity contribution in [3.63, 3.8) is 0 Å². The summed E-state index contributed by atoms with van der Waals surface area (Å²) in [6.07, 6.45) is 0. The summed E-state index contributed by atoms with van der Waals surface area (Å²) in [6, 6.07) is 12.5. The summed E-state index contributed by atoms with van der Waals surface area (Å²) in [6.45, 7) is 1.93. The summed E-state index contributed by atoms with van der Waals surface area (Å²) in [5.41, 5.74) is 7.80. The summed E-state index contributed by atoms with van der Waals surface area (Å²) in [5.74, 6) is 0.606. The molecule has 0 saturated carbocycles. The molecule has 0 saturated heterocycles. The molecule has 2 aromatic rings. The number of anilines is 1. The third-order valence-electron chi connectivity index (χ3n) is 3.17. The van der Waals surface area contributed by atoms with Crippen molar-refractivity contribution in [2.75, 3.05) is 12.8 Å². The number of carbonyl (C=O) groups is 1. The van der Waals surface area contributed by atoms with Crippen LogP contribution in [0.2, 0.25) is 0 Å². The lowest BCUT2D eigenvalue weighted by molar-refractivity contribution is 0.0940. The second kappa shape index (κ2) is 6.63. The van der Waals surface area contributed by atoms with Gasteiger partial charge in [0.05, 0.1) is 17.6 Å². The molecule has 4 nitrogen and oxygen atoms in total. The highest BCUT2D eigenvalue weighted by atomic mass is 79.9. The SMILES string of the molecule is COc1ccc(C(C)NC(=O)c2cccc(N)c2)cc1Br. The van der Waals surface area contributed by atoms with Crippen LogP contribution in [0.15, 0.2) is 46.9 Å². The van der Waals surface area contributed by atoms with Crippen molar-refractivity contribution in [3.05, 3.63) is 58.1 Å². The van der Waals surface area contributed by atoms with Crippen molar-refractivity contribution in [3.8, 4) is 5.75 Å². The number of ether oxygens (including phenoxy) is 1. The van der Waals surface area contributed by atoms with Crippen molar-refractivity contribution < 1.29 is 9.53 Å². The topological polar surface area (TPSA) is 64.3 Å². The van der Waals surface area contributed by atoms with Gasteiger partial charge in [0, 0.05) is 11.3 Å². The van der Waals surface area contributed by atoms with E-state index in [-0.39, 0.29) is 11.9 Å². The first kappa shape index (κ1) is 15.4. The molecule has 0 radical (unpaired) electrons. The lowest BCUT2D eigenvalue weighted by Crippen LogP contribution is -2.26. The standard InChI is InChI=1S/C16H17BrN2O2/c1-10(11-6-7-15(21-2)14(17)9-11)19-16(20)12-4-3-5-13(18)8-12/h3-10H,18H2,1-2H3,(H,19,20). The number of hydrogen-bond acceptors (Lipinski definition) is 3. The highest BCUT2D eigenvalue weighted by molar-refractivity contribution is 9.10. The fourth-order valence-corrected chi connectivity index (χ4v) is 2.55. The van der Waals surface area contributed by atoms with Gasteiger partial charge in [-0.05, 0) is 58.7 Å². The minimum absolute atomic E-state index is 0.124. The molecule has 0 aliphatic heterocycles. The molecule has 0 spiro atoms. The molecule has 0 heterocycles. The van der Waals surface area contributed by atoms with Crippen molar-refractivity contribution in [2.45, 2.75) is 13.0 Å². The quantitative estimate of drug-likeness (QED) is 0.830. The molecule has 1 unspecified atom stereocenters. The van der Waals surface area contributed by atoms with Gasteiger partial charge < -0.3 is 15.8 Å². The molecule has 0 aliphatic carbocycles. The predicted molar refractivity (Wildman–Crippen MR) is 87.4 cm³/mol. The van der Waals surface area contributed by atoms with Crippen LogP contribution in [0.5, 0.6) is 5.75 Å². The third-order valence-corrected chi connectivity index (χ3v) is 3.79. The van der Waals surface area contributed by atoms with Gasteiger partial charge in [-0.15, -0.1) is 0 Å². The molecule has 5 heteroatoms. The Balaban J connectivity index is 2.12. The van der Waals surface area contributed by atoms with Crippen LogP contribution in [0.3, 0.4) is 0 Å². The van der Waals surface area contributed by atoms with Gasteiger partial charge in [0.15, 0.2) is 0 Å². The first-order valence-electron chi connectivity index (χ1n) is 6.51. The molecule has 21 heavy (non-hydrogen) atoms. The smallest absolute Gasteiger partial charge is 0.251 e. The van der Waals surface area contributed by atoms with Crippen LogP contribution in [-0.4, -0.2) is 13.0 Å². The monoisotopic (exact) mass is 348 g/mol. The van der Waals surface area contributed by atoms with E-state index in [0.29, 0.717) is 11.3 Å². The first-order valence-corrected chi connectivity index (χ1v) is 7.30. The molecule has 0 bridgehead atoms. The Kier molecular flexibility index (Phi) is 4.85. The van der Waals surface area contributed by atoms with Crippen molar-refractivity contribution in [1.29, 1.82) is 0 Å². The normalized spacial score (nSPS) is 11.8. The fourth-order valence-electron chi connectivity index (χ4n) is 2.00. The zero-order valence-electron chi connectivity index (χ0n) is 11.9. The fraction of sp³-hybridized carbons (Fsp3) is 0.188. The number of methoxy groups -OCH3 is 1. The van der Waals surface area contributed by atoms with E-state index >= 15 is 0 Å². The number of rotatable bonds is 4. The highest BCUT2D eigenvalue weighted by Gasteiger charge is 2.13. The second-order valence-electron chi connectivity index (χ2n) is 4.71. The van der Waals surface area contributed by atoms with Gasteiger partial charge in [-0.2, -0.15) is 0 Å². The number of nitrogens with two attached hydrogens (primary N) is 1. The molecule has 0 aromatic heterocycles. The number of amides is 1. The minimum Gasteiger partial charge on any atom is -0.496 e. The van der Waals surface area contributed by atoms with E-state index < -0.39 is 0 Å². The Morgan fingerprint density at radius 2 is 2.05 bits per heavy atom. The lowest BCUT2D eigenvalue weighted by atomic mass is 10.1. The zero-order valence-corrected chi connectivity index (χ0v) is 13.5. The number of carbonyl (C=O) groups excluding carboxylic acids is 1. The summed E-state index contributed by atoms with van der Waals surface area (Å²) in [7, 11) is 1.62. The van der Waals surface area contributed by atoms with Crippen LogP contribution in [0.25, 0.3) is 0 Å². The van der Waals surface area contributed by atoms with Crippen LogP contribution in [-0.2, 0) is 0 Å². The van der Waals surface area contributed by atoms with Crippen LogP contribution >= 0.6 is 15.9 Å². The summed E-state index contributed by atoms with van der Waals surface area (Å²) >= 11 is 3.44. The van der Waals surface area contributed by atoms with E-state index in [1.54, 1.807) is 31.4 Å². The lowest BCUT2D eigenvalue weighted by Gasteiger charge is -2.16. The molecule has 0 fully saturated rings. The molecule has 0 aliphatic rings. The van der Waals surface area contributed by atoms with Crippen LogP contribution in [0.1, 0.15) is 28.9 Å². The summed E-state index contributed by atoms with van der Waals surface area (Å²) in [5, 5.41) is 2.95. The van der Waals surface area contributed by atoms with Crippen LogP contribution < -0.4 is 15.8 Å². The summed E-state index contributed by atoms with van der Waals surface area (Å²) in [4.78, 5) is 12.2. The van der Waals surface area contributed by atoms with Gasteiger partial charge in [-0.25, -0.2) is 0 Å². The Bertz CT molecular complexity index is 658. The summed E-state index contributed by atoms with van der Waals surface area (Å²) < 4.78 is 6.05. The van der Waals surface area contributed by atoms with E-state index in [9.17, 15) is 4.79 Å². The van der Waals surface area contributed by atoms with E-state index in [2.05, 4.69) is 21.2 Å². The number of nitrogens with one attached hydrogen (secondary N) is 1. The van der Waals surface area contributed by atoms with E-state index in [1.165, 1.54) is 0 Å². The zero-order chi connectivity index (χ0) is 15.4. The Hall–Kier alpha value is -2.01. The molecule has 110 valence electrons. The van der Waals surface area contributed by atoms with Gasteiger partial charge in [0.25, 0.3) is 5.91 Å². The van der Waals surface area contributed by atoms with E-state index in [1.807, 2.05) is 25.1 Å². The average Bonchev–Trinajstić information content (AvgIpc) is 2.47. The molecular weight excluding hydrogens is 332 g/mol. The molecule has 1 amide bonds. The van der Waals surface area contributed by atoms with Crippen molar-refractivity contribution in [2.24, 2.45) is 0 Å². The Labute approximate surface area is 132 Å². The third kappa shape index (κ3) is 3.76. The largest absolute Gasteiger partial charge is 0.496 e. The minimum atomic E-state index is -0.151. The number of hydrogen-bond donors (Lipinski definition) is 2. The maximum Gasteiger partial charge on any atom is 0.251 e. The predicted octanol–water partition coefficient (Wildman–Crippen LogP) is 3.53. The van der Waals surface area contributed by atoms with Crippen molar-refractivity contribution >= 4 is 27.5 Å². The molecule has 3 N–H and O–H groups in total. The van der Waals surface area contributed by atoms with Gasteiger partial charge in [0.2, 0.25) is 0 Å². The second-order valence-corrected chi connectivity index (χ2v) is 5.57. The molecule has 1 atom stereocenters. The van der Waals surface area contributed by atoms with Crippen LogP contribution in [0.4, 0.5) is 5.69 Å². The Morgan fingerprint density at radius 1 is 1.29 bits per heavy atom. The van der Waals surface area contributed by atoms with Gasteiger partial charge >= 0.3 is 0 Å². The molecule has 2 aromatic carbocycles. The average molecular weight is 349 g/mol. The van der Waals surface area contributed by atoms with Gasteiger partial charge in [-0.3, -0.25) is 4.79 Å². The Morgan fingerprint density at radius 3 is 2.67 bits per heavy atom. The molecule has 2 rings (SSSR count). The maximum atomic E-state index is 12.2. The van der Waals surface area contributed by atoms with Gasteiger partial charge in [-0.1, -0.05) is 12.1 Å².